The molecule has 0 atom stereocenters. The Labute approximate surface area is 178 Å². The van der Waals surface area contributed by atoms with Crippen molar-refractivity contribution in [1.82, 2.24) is 29.5 Å². The minimum atomic E-state index is -0.302. The van der Waals surface area contributed by atoms with E-state index in [1.54, 1.807) is 27.8 Å². The van der Waals surface area contributed by atoms with Gasteiger partial charge in [-0.3, -0.25) is 9.36 Å². The van der Waals surface area contributed by atoms with Gasteiger partial charge in [0.2, 0.25) is 0 Å². The minimum absolute atomic E-state index is 0.284. The van der Waals surface area contributed by atoms with Gasteiger partial charge in [0, 0.05) is 49.8 Å². The molecule has 0 aliphatic carbocycles. The zero-order chi connectivity index (χ0) is 22.5. The highest BCUT2D eigenvalue weighted by Gasteiger charge is 2.52. The second-order valence-electron chi connectivity index (χ2n) is 7.77. The number of hydrogen-bond donors (Lipinski definition) is 1. The van der Waals surface area contributed by atoms with Crippen molar-refractivity contribution in [3.63, 3.8) is 0 Å². The molecule has 0 radical (unpaired) electrons. The Hall–Kier alpha value is -2.72. The van der Waals surface area contributed by atoms with E-state index in [-0.39, 0.29) is 18.3 Å². The molecule has 0 unspecified atom stereocenters. The summed E-state index contributed by atoms with van der Waals surface area (Å²) >= 11 is 0. The van der Waals surface area contributed by atoms with Gasteiger partial charge < -0.3 is 15.0 Å². The van der Waals surface area contributed by atoms with Gasteiger partial charge in [0.25, 0.3) is 0 Å². The first-order chi connectivity index (χ1) is 14.1. The lowest BCUT2D eigenvalue weighted by Crippen LogP contribution is -2.41. The Morgan fingerprint density at radius 3 is 1.93 bits per heavy atom. The van der Waals surface area contributed by atoms with Crippen molar-refractivity contribution in [3.8, 4) is 11.3 Å². The van der Waals surface area contributed by atoms with Gasteiger partial charge in [-0.05, 0) is 27.7 Å². The van der Waals surface area contributed by atoms with E-state index in [1.165, 1.54) is 6.33 Å². The van der Waals surface area contributed by atoms with Gasteiger partial charge in [0.05, 0.1) is 23.1 Å². The molecule has 4 heterocycles. The second kappa shape index (κ2) is 9.40. The summed E-state index contributed by atoms with van der Waals surface area (Å²) < 4.78 is 15.2. The van der Waals surface area contributed by atoms with Crippen molar-refractivity contribution in [2.24, 2.45) is 14.1 Å². The summed E-state index contributed by atoms with van der Waals surface area (Å²) in [5, 5.41) is 8.15. The quantitative estimate of drug-likeness (QED) is 0.642. The maximum atomic E-state index is 5.89. The van der Waals surface area contributed by atoms with Crippen LogP contribution in [0.2, 0.25) is 0 Å². The van der Waals surface area contributed by atoms with E-state index in [9.17, 15) is 0 Å². The van der Waals surface area contributed by atoms with E-state index >= 15 is 0 Å². The molecule has 9 nitrogen and oxygen atoms in total. The number of nitrogens with zero attached hydrogens (tertiary/aromatic N) is 6. The molecule has 1 aliphatic rings. The Morgan fingerprint density at radius 1 is 0.900 bits per heavy atom. The van der Waals surface area contributed by atoms with Gasteiger partial charge in [0.1, 0.15) is 12.1 Å². The number of hydrogen-bond acceptors (Lipinski definition) is 7. The lowest BCUT2D eigenvalue weighted by atomic mass is 9.82. The number of anilines is 1. The van der Waals surface area contributed by atoms with Crippen molar-refractivity contribution < 1.29 is 9.31 Å². The maximum Gasteiger partial charge on any atom is 0.498 e. The number of aryl methyl sites for hydroxylation is 2. The van der Waals surface area contributed by atoms with Crippen LogP contribution in [0.25, 0.3) is 11.3 Å². The highest BCUT2D eigenvalue weighted by molar-refractivity contribution is 6.61. The molecule has 10 heteroatoms. The zero-order valence-corrected chi connectivity index (χ0v) is 19.1. The van der Waals surface area contributed by atoms with E-state index in [0.29, 0.717) is 5.82 Å². The largest absolute Gasteiger partial charge is 0.498 e. The van der Waals surface area contributed by atoms with Crippen molar-refractivity contribution in [2.75, 3.05) is 5.73 Å². The number of nitrogens with two attached hydrogens (primary N) is 1. The van der Waals surface area contributed by atoms with Gasteiger partial charge in [0.15, 0.2) is 0 Å². The third-order valence-electron chi connectivity index (χ3n) is 4.94. The number of aromatic nitrogens is 6. The molecule has 4 rings (SSSR count). The predicted octanol–water partition coefficient (Wildman–Crippen LogP) is 2.20. The lowest BCUT2D eigenvalue weighted by Gasteiger charge is -2.32. The lowest BCUT2D eigenvalue weighted by molar-refractivity contribution is 0.00578. The second-order valence-corrected chi connectivity index (χ2v) is 7.77. The molecule has 1 aliphatic heterocycles. The Bertz CT molecular complexity index is 936. The molecule has 30 heavy (non-hydrogen) atoms. The van der Waals surface area contributed by atoms with Crippen molar-refractivity contribution in [1.29, 1.82) is 0 Å². The Balaban J connectivity index is 0.000000199. The van der Waals surface area contributed by atoms with E-state index in [4.69, 9.17) is 15.0 Å². The van der Waals surface area contributed by atoms with Crippen LogP contribution >= 0.6 is 0 Å². The van der Waals surface area contributed by atoms with Gasteiger partial charge in [-0.25, -0.2) is 9.97 Å². The van der Waals surface area contributed by atoms with Crippen LogP contribution < -0.4 is 11.2 Å². The minimum Gasteiger partial charge on any atom is -0.399 e. The SMILES string of the molecule is CC.Cn1cc(-c2cc(N)ncn2)cn1.Cn1cc(B2OC(C)(C)C(C)(C)O2)cn1. The molecule has 2 N–H and O–H groups in total. The Kier molecular flexibility index (Phi) is 7.38. The van der Waals surface area contributed by atoms with Crippen molar-refractivity contribution >= 4 is 18.4 Å². The summed E-state index contributed by atoms with van der Waals surface area (Å²) in [5.41, 5.74) is 7.66. The van der Waals surface area contributed by atoms with Crippen LogP contribution in [0.3, 0.4) is 0 Å². The van der Waals surface area contributed by atoms with Crippen LogP contribution in [0.4, 0.5) is 5.82 Å². The fourth-order valence-electron chi connectivity index (χ4n) is 2.62. The van der Waals surface area contributed by atoms with Crippen LogP contribution in [0.1, 0.15) is 41.5 Å². The van der Waals surface area contributed by atoms with E-state index in [2.05, 4.69) is 20.2 Å². The molecule has 0 spiro atoms. The summed E-state index contributed by atoms with van der Waals surface area (Å²) in [6.07, 6.45) is 8.76. The third kappa shape index (κ3) is 5.45. The average molecular weight is 413 g/mol. The highest BCUT2D eigenvalue weighted by atomic mass is 16.7. The molecule has 0 aromatic carbocycles. The van der Waals surface area contributed by atoms with Gasteiger partial charge >= 0.3 is 7.12 Å². The van der Waals surface area contributed by atoms with Crippen LogP contribution in [0, 0.1) is 0 Å². The van der Waals surface area contributed by atoms with Gasteiger partial charge in [-0.15, -0.1) is 0 Å². The first kappa shape index (κ1) is 23.6. The van der Waals surface area contributed by atoms with Crippen LogP contribution in [0.15, 0.2) is 37.2 Å². The fourth-order valence-corrected chi connectivity index (χ4v) is 2.62. The van der Waals surface area contributed by atoms with E-state index in [1.807, 2.05) is 68.0 Å². The van der Waals surface area contributed by atoms with Crippen molar-refractivity contribution in [3.05, 3.63) is 37.2 Å². The monoisotopic (exact) mass is 413 g/mol. The standard InChI is InChI=1S/C10H17BN2O2.C8H9N5.C2H6/c1-9(2)10(3,4)15-11(14-9)8-6-12-13(5)7-8;1-13-4-6(3-12-13)7-2-8(9)11-5-10-7;1-2/h6-7H,1-5H3;2-5H,1H3,(H2,9,10,11);1-2H3. The highest BCUT2D eigenvalue weighted by Crippen LogP contribution is 2.36. The molecule has 0 amide bonds. The van der Waals surface area contributed by atoms with Crippen LogP contribution in [-0.4, -0.2) is 47.8 Å². The fraction of sp³-hybridized carbons (Fsp3) is 0.500. The predicted molar refractivity (Wildman–Crippen MR) is 119 cm³/mol. The summed E-state index contributed by atoms with van der Waals surface area (Å²) in [4.78, 5) is 7.89. The number of nitrogen functional groups attached to an aromatic ring is 1. The topological polar surface area (TPSA) is 106 Å². The normalized spacial score (nSPS) is 16.3. The summed E-state index contributed by atoms with van der Waals surface area (Å²) in [6, 6.07) is 1.72. The Morgan fingerprint density at radius 2 is 1.47 bits per heavy atom. The van der Waals surface area contributed by atoms with Crippen LogP contribution in [0.5, 0.6) is 0 Å². The van der Waals surface area contributed by atoms with Gasteiger partial charge in [-0.2, -0.15) is 10.2 Å². The molecule has 162 valence electrons. The molecular formula is C20H32BN7O2. The van der Waals surface area contributed by atoms with E-state index < -0.39 is 0 Å². The first-order valence-electron chi connectivity index (χ1n) is 9.98. The summed E-state index contributed by atoms with van der Waals surface area (Å²) in [6.45, 7) is 12.2. The molecular weight excluding hydrogens is 381 g/mol. The summed E-state index contributed by atoms with van der Waals surface area (Å²) in [7, 11) is 3.44. The molecule has 3 aromatic heterocycles. The first-order valence-corrected chi connectivity index (χ1v) is 9.98. The maximum absolute atomic E-state index is 5.89. The van der Waals surface area contributed by atoms with Crippen LogP contribution in [-0.2, 0) is 23.4 Å². The molecule has 3 aromatic rings. The zero-order valence-electron chi connectivity index (χ0n) is 19.1. The smallest absolute Gasteiger partial charge is 0.399 e. The molecule has 0 bridgehead atoms. The third-order valence-corrected chi connectivity index (χ3v) is 4.94. The molecule has 1 fully saturated rings. The molecule has 0 saturated carbocycles. The van der Waals surface area contributed by atoms with Gasteiger partial charge in [-0.1, -0.05) is 13.8 Å². The van der Waals surface area contributed by atoms with E-state index in [0.717, 1.165) is 16.7 Å². The summed E-state index contributed by atoms with van der Waals surface area (Å²) in [5.74, 6) is 0.467. The van der Waals surface area contributed by atoms with Crippen molar-refractivity contribution in [2.45, 2.75) is 52.7 Å². The molecule has 1 saturated heterocycles. The number of rotatable bonds is 2. The average Bonchev–Trinajstić information content (AvgIpc) is 3.36.